The molecule has 0 fully saturated rings. The van der Waals surface area contributed by atoms with Gasteiger partial charge in [0.05, 0.1) is 0 Å². The fraction of sp³-hybridized carbons (Fsp3) is 0.231. The first kappa shape index (κ1) is 13.2. The maximum absolute atomic E-state index is 12.9. The lowest BCUT2D eigenvalue weighted by Gasteiger charge is -2.09. The van der Waals surface area contributed by atoms with Crippen LogP contribution >= 0.6 is 0 Å². The summed E-state index contributed by atoms with van der Waals surface area (Å²) < 4.78 is 14.6. The Morgan fingerprint density at radius 3 is 2.90 bits per heavy atom. The lowest BCUT2D eigenvalue weighted by atomic mass is 10.4. The van der Waals surface area contributed by atoms with Gasteiger partial charge in [-0.2, -0.15) is 19.0 Å². The van der Waals surface area contributed by atoms with Crippen LogP contribution in [0, 0.1) is 12.9 Å². The van der Waals surface area contributed by atoms with Crippen LogP contribution in [0.1, 0.15) is 5.69 Å². The number of aryl methyl sites for hydroxylation is 1. The van der Waals surface area contributed by atoms with Crippen LogP contribution in [0.5, 0.6) is 0 Å². The monoisotopic (exact) mass is 287 g/mol. The molecule has 108 valence electrons. The second-order valence-electron chi connectivity index (χ2n) is 4.45. The Morgan fingerprint density at radius 2 is 2.05 bits per heavy atom. The molecule has 21 heavy (non-hydrogen) atoms. The van der Waals surface area contributed by atoms with Crippen LogP contribution in [0.15, 0.2) is 30.6 Å². The number of hydrogen-bond donors (Lipinski definition) is 2. The number of nitrogens with zero attached hydrogens (tertiary/aromatic N) is 5. The number of fused-ring (bicyclic) bond motifs is 1. The van der Waals surface area contributed by atoms with Gasteiger partial charge in [0.15, 0.2) is 0 Å². The SMILES string of the molecule is Cc1cc(NCCNc2cccc(F)n2)n2ncnc2n1. The molecule has 0 atom stereocenters. The van der Waals surface area contributed by atoms with E-state index in [1.807, 2.05) is 13.0 Å². The summed E-state index contributed by atoms with van der Waals surface area (Å²) in [5.41, 5.74) is 0.859. The fourth-order valence-corrected chi connectivity index (χ4v) is 1.94. The van der Waals surface area contributed by atoms with Gasteiger partial charge in [-0.05, 0) is 19.1 Å². The van der Waals surface area contributed by atoms with Crippen molar-refractivity contribution in [1.82, 2.24) is 24.6 Å². The molecule has 0 aromatic carbocycles. The van der Waals surface area contributed by atoms with E-state index in [4.69, 9.17) is 0 Å². The van der Waals surface area contributed by atoms with Gasteiger partial charge in [0.25, 0.3) is 5.78 Å². The highest BCUT2D eigenvalue weighted by Gasteiger charge is 2.04. The molecule has 3 heterocycles. The highest BCUT2D eigenvalue weighted by Crippen LogP contribution is 2.09. The van der Waals surface area contributed by atoms with E-state index in [0.717, 1.165) is 11.5 Å². The Hall–Kier alpha value is -2.77. The minimum atomic E-state index is -0.498. The topological polar surface area (TPSA) is 80.0 Å². The van der Waals surface area contributed by atoms with Gasteiger partial charge in [-0.15, -0.1) is 0 Å². The van der Waals surface area contributed by atoms with E-state index in [1.54, 1.807) is 16.6 Å². The van der Waals surface area contributed by atoms with Crippen LogP contribution < -0.4 is 10.6 Å². The van der Waals surface area contributed by atoms with Crippen molar-refractivity contribution in [2.75, 3.05) is 23.7 Å². The molecule has 0 radical (unpaired) electrons. The number of nitrogens with one attached hydrogen (secondary N) is 2. The van der Waals surface area contributed by atoms with Crippen molar-refractivity contribution in [1.29, 1.82) is 0 Å². The lowest BCUT2D eigenvalue weighted by molar-refractivity contribution is 0.585. The van der Waals surface area contributed by atoms with Crippen LogP contribution in [0.25, 0.3) is 5.78 Å². The standard InChI is InChI=1S/C13H14FN7/c1-9-7-12(21-13(19-9)17-8-18-21)16-6-5-15-11-4-2-3-10(14)20-11/h2-4,7-8,16H,5-6H2,1H3,(H,15,20). The van der Waals surface area contributed by atoms with Gasteiger partial charge < -0.3 is 10.6 Å². The van der Waals surface area contributed by atoms with Gasteiger partial charge in [-0.25, -0.2) is 9.97 Å². The summed E-state index contributed by atoms with van der Waals surface area (Å²) in [6, 6.07) is 6.53. The smallest absolute Gasteiger partial charge is 0.254 e. The Kier molecular flexibility index (Phi) is 3.59. The van der Waals surface area contributed by atoms with Crippen LogP contribution in [-0.2, 0) is 0 Å². The molecule has 8 heteroatoms. The normalized spacial score (nSPS) is 10.8. The molecule has 0 aliphatic heterocycles. The molecule has 0 saturated heterocycles. The van der Waals surface area contributed by atoms with Crippen LogP contribution in [0.4, 0.5) is 16.0 Å². The molecule has 0 aliphatic rings. The zero-order chi connectivity index (χ0) is 14.7. The molecule has 0 unspecified atom stereocenters. The number of aromatic nitrogens is 5. The highest BCUT2D eigenvalue weighted by molar-refractivity contribution is 5.45. The van der Waals surface area contributed by atoms with Crippen LogP contribution in [-0.4, -0.2) is 37.7 Å². The molecule has 0 saturated carbocycles. The first-order chi connectivity index (χ1) is 10.2. The summed E-state index contributed by atoms with van der Waals surface area (Å²) in [6.07, 6.45) is 1.46. The summed E-state index contributed by atoms with van der Waals surface area (Å²) in [4.78, 5) is 12.1. The van der Waals surface area contributed by atoms with Gasteiger partial charge in [-0.1, -0.05) is 6.07 Å². The van der Waals surface area contributed by atoms with E-state index >= 15 is 0 Å². The molecule has 0 bridgehead atoms. The zero-order valence-electron chi connectivity index (χ0n) is 11.4. The average molecular weight is 287 g/mol. The number of hydrogen-bond acceptors (Lipinski definition) is 6. The predicted molar refractivity (Wildman–Crippen MR) is 76.7 cm³/mol. The summed E-state index contributed by atoms with van der Waals surface area (Å²) in [5.74, 6) is 1.37. The summed E-state index contributed by atoms with van der Waals surface area (Å²) >= 11 is 0. The zero-order valence-corrected chi connectivity index (χ0v) is 11.4. The molecule has 3 rings (SSSR count). The quantitative estimate of drug-likeness (QED) is 0.546. The van der Waals surface area contributed by atoms with Crippen molar-refractivity contribution in [2.24, 2.45) is 0 Å². The number of rotatable bonds is 5. The largest absolute Gasteiger partial charge is 0.368 e. The molecule has 2 N–H and O–H groups in total. The molecular formula is C13H14FN7. The number of halogens is 1. The third-order valence-electron chi connectivity index (χ3n) is 2.83. The van der Waals surface area contributed by atoms with Gasteiger partial charge in [0.1, 0.15) is 18.0 Å². The Morgan fingerprint density at radius 1 is 1.19 bits per heavy atom. The Labute approximate surface area is 120 Å². The van der Waals surface area contributed by atoms with Crippen molar-refractivity contribution >= 4 is 17.4 Å². The molecule has 0 spiro atoms. The van der Waals surface area contributed by atoms with Gasteiger partial charge in [0, 0.05) is 24.8 Å². The van der Waals surface area contributed by atoms with Crippen molar-refractivity contribution < 1.29 is 4.39 Å². The van der Waals surface area contributed by atoms with Crippen LogP contribution in [0.2, 0.25) is 0 Å². The molecule has 3 aromatic heterocycles. The predicted octanol–water partition coefficient (Wildman–Crippen LogP) is 1.49. The summed E-state index contributed by atoms with van der Waals surface area (Å²) in [6.45, 7) is 3.11. The lowest BCUT2D eigenvalue weighted by Crippen LogP contribution is -2.16. The number of pyridine rings is 1. The van der Waals surface area contributed by atoms with Gasteiger partial charge in [-0.3, -0.25) is 0 Å². The van der Waals surface area contributed by atoms with Gasteiger partial charge in [0.2, 0.25) is 5.95 Å². The second kappa shape index (κ2) is 5.70. The van der Waals surface area contributed by atoms with Crippen molar-refractivity contribution in [2.45, 2.75) is 6.92 Å². The average Bonchev–Trinajstić information content (AvgIpc) is 2.91. The third kappa shape index (κ3) is 3.04. The summed E-state index contributed by atoms with van der Waals surface area (Å²) in [7, 11) is 0. The molecule has 0 aliphatic carbocycles. The fourth-order valence-electron chi connectivity index (χ4n) is 1.94. The second-order valence-corrected chi connectivity index (χ2v) is 4.45. The maximum Gasteiger partial charge on any atom is 0.254 e. The van der Waals surface area contributed by atoms with Crippen molar-refractivity contribution in [3.63, 3.8) is 0 Å². The van der Waals surface area contributed by atoms with Crippen LogP contribution in [0.3, 0.4) is 0 Å². The molecule has 3 aromatic rings. The van der Waals surface area contributed by atoms with E-state index in [1.165, 1.54) is 12.4 Å². The molecule has 7 nitrogen and oxygen atoms in total. The van der Waals surface area contributed by atoms with Crippen molar-refractivity contribution in [3.05, 3.63) is 42.2 Å². The maximum atomic E-state index is 12.9. The minimum absolute atomic E-state index is 0.498. The van der Waals surface area contributed by atoms with E-state index in [2.05, 4.69) is 30.7 Å². The van der Waals surface area contributed by atoms with E-state index < -0.39 is 5.95 Å². The first-order valence-corrected chi connectivity index (χ1v) is 6.50. The summed E-state index contributed by atoms with van der Waals surface area (Å²) in [5, 5.41) is 10.4. The van der Waals surface area contributed by atoms with Crippen molar-refractivity contribution in [3.8, 4) is 0 Å². The van der Waals surface area contributed by atoms with E-state index in [9.17, 15) is 4.39 Å². The minimum Gasteiger partial charge on any atom is -0.368 e. The van der Waals surface area contributed by atoms with E-state index in [-0.39, 0.29) is 0 Å². The Bertz CT molecular complexity index is 755. The molecular weight excluding hydrogens is 273 g/mol. The van der Waals surface area contributed by atoms with E-state index in [0.29, 0.717) is 24.7 Å². The molecule has 0 amide bonds. The Balaban J connectivity index is 1.61. The highest BCUT2D eigenvalue weighted by atomic mass is 19.1. The number of anilines is 2. The third-order valence-corrected chi connectivity index (χ3v) is 2.83. The first-order valence-electron chi connectivity index (χ1n) is 6.50. The van der Waals surface area contributed by atoms with Gasteiger partial charge >= 0.3 is 0 Å².